The third-order valence-electron chi connectivity index (χ3n) is 7.85. The number of primary amides is 1. The van der Waals surface area contributed by atoms with Crippen molar-refractivity contribution in [1.29, 1.82) is 0 Å². The normalized spacial score (nSPS) is 24.9. The number of hydrogen-bond donors (Lipinski definition) is 4. The quantitative estimate of drug-likeness (QED) is 0.357. The minimum Gasteiger partial charge on any atom is -0.390 e. The number of ketones is 1. The molecular formula is C29H46N4O4. The van der Waals surface area contributed by atoms with Crippen molar-refractivity contribution in [2.75, 3.05) is 13.1 Å². The number of amides is 2. The molecule has 2 aliphatic rings. The average Bonchev–Trinajstić information content (AvgIpc) is 2.82. The van der Waals surface area contributed by atoms with E-state index in [1.165, 1.54) is 19.3 Å². The maximum Gasteiger partial charge on any atom is 0.237 e. The summed E-state index contributed by atoms with van der Waals surface area (Å²) in [5.41, 5.74) is 12.0. The van der Waals surface area contributed by atoms with Crippen molar-refractivity contribution in [1.82, 2.24) is 10.2 Å². The van der Waals surface area contributed by atoms with Crippen molar-refractivity contribution >= 4 is 17.6 Å². The van der Waals surface area contributed by atoms with E-state index in [0.717, 1.165) is 24.9 Å². The molecule has 8 heteroatoms. The van der Waals surface area contributed by atoms with E-state index in [4.69, 9.17) is 11.5 Å². The Balaban J connectivity index is 1.78. The molecule has 0 spiro atoms. The van der Waals surface area contributed by atoms with Crippen LogP contribution in [0, 0.1) is 17.3 Å². The second kappa shape index (κ2) is 13.0. The molecule has 1 saturated carbocycles. The van der Waals surface area contributed by atoms with E-state index < -0.39 is 30.0 Å². The zero-order valence-corrected chi connectivity index (χ0v) is 22.7. The lowest BCUT2D eigenvalue weighted by molar-refractivity contribution is -0.131. The van der Waals surface area contributed by atoms with Crippen LogP contribution in [0.25, 0.3) is 0 Å². The first kappa shape index (κ1) is 29.3. The van der Waals surface area contributed by atoms with Gasteiger partial charge >= 0.3 is 0 Å². The molecule has 1 aliphatic heterocycles. The van der Waals surface area contributed by atoms with Gasteiger partial charge in [0.2, 0.25) is 11.8 Å². The number of hydrogen-bond acceptors (Lipinski definition) is 6. The highest BCUT2D eigenvalue weighted by Gasteiger charge is 2.41. The van der Waals surface area contributed by atoms with Crippen LogP contribution < -0.4 is 16.8 Å². The molecule has 2 amide bonds. The standard InChI is InChI=1S/C29H46N4O4/c1-29(2,3)16-25(34)24-14-20-11-7-8-12-21(20)17-33(24)18-26(35)23(13-19-9-5-4-6-10-19)32-28(37)22(30)15-27(31)36/h4-6,9-10,20-24,26,35H,7-8,11-18,30H2,1-3H3,(H2,31,36)(H,32,37)/t20-,21+,22+,23+,24-,26+/m1/s1. The number of nitrogens with two attached hydrogens (primary N) is 2. The fraction of sp³-hybridized carbons (Fsp3) is 0.690. The van der Waals surface area contributed by atoms with Crippen molar-refractivity contribution in [2.24, 2.45) is 28.7 Å². The molecule has 0 aromatic heterocycles. The SMILES string of the molecule is CC(C)(C)CC(=O)[C@H]1C[C@H]2CCCC[C@H]2CN1C[C@H](O)[C@H](Cc1ccccc1)NC(=O)[C@@H](N)CC(N)=O. The third kappa shape index (κ3) is 8.90. The minimum absolute atomic E-state index is 0.106. The maximum absolute atomic E-state index is 13.5. The summed E-state index contributed by atoms with van der Waals surface area (Å²) < 4.78 is 0. The van der Waals surface area contributed by atoms with Crippen molar-refractivity contribution in [3.05, 3.63) is 35.9 Å². The second-order valence-electron chi connectivity index (χ2n) is 12.4. The van der Waals surface area contributed by atoms with Crippen LogP contribution in [0.1, 0.15) is 71.3 Å². The first-order valence-corrected chi connectivity index (χ1v) is 13.8. The number of benzene rings is 1. The molecule has 0 radical (unpaired) electrons. The van der Waals surface area contributed by atoms with E-state index in [0.29, 0.717) is 24.7 Å². The topological polar surface area (TPSA) is 139 Å². The van der Waals surface area contributed by atoms with Gasteiger partial charge in [-0.15, -0.1) is 0 Å². The molecule has 1 heterocycles. The molecule has 2 fully saturated rings. The molecule has 206 valence electrons. The van der Waals surface area contributed by atoms with Gasteiger partial charge in [0.05, 0.1) is 30.7 Å². The van der Waals surface area contributed by atoms with E-state index in [2.05, 4.69) is 31.0 Å². The van der Waals surface area contributed by atoms with Crippen LogP contribution in [0.3, 0.4) is 0 Å². The molecule has 1 aliphatic carbocycles. The zero-order chi connectivity index (χ0) is 27.2. The number of aliphatic hydroxyl groups excluding tert-OH is 1. The van der Waals surface area contributed by atoms with Crippen molar-refractivity contribution in [2.45, 2.75) is 96.4 Å². The van der Waals surface area contributed by atoms with Crippen LogP contribution in [-0.4, -0.2) is 64.9 Å². The van der Waals surface area contributed by atoms with Crippen LogP contribution in [0.5, 0.6) is 0 Å². The molecule has 8 nitrogen and oxygen atoms in total. The number of β-amino-alcohol motifs (C(OH)–C–C–N with tert-alkyl or cyclic N) is 1. The molecule has 3 rings (SSSR count). The lowest BCUT2D eigenvalue weighted by atomic mass is 9.71. The Bertz CT molecular complexity index is 916. The highest BCUT2D eigenvalue weighted by atomic mass is 16.3. The first-order valence-electron chi connectivity index (χ1n) is 13.8. The van der Waals surface area contributed by atoms with E-state index in [1.54, 1.807) is 0 Å². The van der Waals surface area contributed by atoms with Crippen molar-refractivity contribution in [3.63, 3.8) is 0 Å². The second-order valence-corrected chi connectivity index (χ2v) is 12.4. The van der Waals surface area contributed by atoms with Crippen LogP contribution >= 0.6 is 0 Å². The van der Waals surface area contributed by atoms with E-state index in [-0.39, 0.29) is 30.2 Å². The number of nitrogens with zero attached hydrogens (tertiary/aromatic N) is 1. The summed E-state index contributed by atoms with van der Waals surface area (Å²) in [5.74, 6) is 0.146. The van der Waals surface area contributed by atoms with Gasteiger partial charge in [0.15, 0.2) is 0 Å². The summed E-state index contributed by atoms with van der Waals surface area (Å²) in [7, 11) is 0. The highest BCUT2D eigenvalue weighted by Crippen LogP contribution is 2.39. The van der Waals surface area contributed by atoms with Crippen LogP contribution in [0.15, 0.2) is 30.3 Å². The van der Waals surface area contributed by atoms with E-state index in [9.17, 15) is 19.5 Å². The number of carbonyl (C=O) groups excluding carboxylic acids is 3. The maximum atomic E-state index is 13.5. The molecule has 1 aromatic rings. The average molecular weight is 515 g/mol. The van der Waals surface area contributed by atoms with E-state index >= 15 is 0 Å². The molecule has 6 N–H and O–H groups in total. The number of fused-ring (bicyclic) bond motifs is 1. The third-order valence-corrected chi connectivity index (χ3v) is 7.85. The van der Waals surface area contributed by atoms with Gasteiger partial charge in [-0.2, -0.15) is 0 Å². The van der Waals surface area contributed by atoms with Gasteiger partial charge in [0.25, 0.3) is 0 Å². The Morgan fingerprint density at radius 3 is 2.38 bits per heavy atom. The Kier molecular flexibility index (Phi) is 10.3. The Morgan fingerprint density at radius 2 is 1.76 bits per heavy atom. The fourth-order valence-corrected chi connectivity index (χ4v) is 5.99. The number of carbonyl (C=O) groups is 3. The summed E-state index contributed by atoms with van der Waals surface area (Å²) in [5, 5.41) is 14.3. The Morgan fingerprint density at radius 1 is 1.11 bits per heavy atom. The van der Waals surface area contributed by atoms with Crippen LogP contribution in [0.4, 0.5) is 0 Å². The van der Waals surface area contributed by atoms with Crippen molar-refractivity contribution in [3.8, 4) is 0 Å². The van der Waals surface area contributed by atoms with Crippen LogP contribution in [0.2, 0.25) is 0 Å². The lowest BCUT2D eigenvalue weighted by Crippen LogP contribution is -2.58. The number of aliphatic hydroxyl groups is 1. The van der Waals surface area contributed by atoms with E-state index in [1.807, 2.05) is 30.3 Å². The predicted molar refractivity (Wildman–Crippen MR) is 144 cm³/mol. The largest absolute Gasteiger partial charge is 0.390 e. The lowest BCUT2D eigenvalue weighted by Gasteiger charge is -2.47. The number of nitrogens with one attached hydrogen (secondary N) is 1. The molecule has 0 bridgehead atoms. The Hall–Kier alpha value is -2.29. The minimum atomic E-state index is -1.08. The summed E-state index contributed by atoms with van der Waals surface area (Å²) in [6.07, 6.45) is 5.31. The summed E-state index contributed by atoms with van der Waals surface area (Å²) in [6.45, 7) is 7.31. The van der Waals surface area contributed by atoms with Crippen molar-refractivity contribution < 1.29 is 19.5 Å². The molecular weight excluding hydrogens is 468 g/mol. The van der Waals surface area contributed by atoms with Gasteiger partial charge < -0.3 is 21.9 Å². The summed E-state index contributed by atoms with van der Waals surface area (Å²) in [6, 6.07) is 7.69. The highest BCUT2D eigenvalue weighted by molar-refractivity contribution is 5.87. The van der Waals surface area contributed by atoms with Gasteiger partial charge in [-0.05, 0) is 42.1 Å². The molecule has 0 unspecified atom stereocenters. The van der Waals surface area contributed by atoms with Gasteiger partial charge in [-0.3, -0.25) is 19.3 Å². The molecule has 1 saturated heterocycles. The molecule has 37 heavy (non-hydrogen) atoms. The zero-order valence-electron chi connectivity index (χ0n) is 22.7. The number of rotatable bonds is 11. The fourth-order valence-electron chi connectivity index (χ4n) is 5.99. The summed E-state index contributed by atoms with van der Waals surface area (Å²) in [4.78, 5) is 39.7. The molecule has 6 atom stereocenters. The van der Waals surface area contributed by atoms with Gasteiger partial charge in [-0.1, -0.05) is 70.4 Å². The van der Waals surface area contributed by atoms with Gasteiger partial charge in [0.1, 0.15) is 5.78 Å². The van der Waals surface area contributed by atoms with Crippen LogP contribution in [-0.2, 0) is 20.8 Å². The monoisotopic (exact) mass is 514 g/mol. The predicted octanol–water partition coefficient (Wildman–Crippen LogP) is 2.16. The first-order chi connectivity index (χ1) is 17.4. The van der Waals surface area contributed by atoms with Gasteiger partial charge in [-0.25, -0.2) is 0 Å². The number of Topliss-reactive ketones (excluding diaryl/α,β-unsaturated/α-hetero) is 1. The number of piperidine rings is 1. The summed E-state index contributed by atoms with van der Waals surface area (Å²) >= 11 is 0. The van der Waals surface area contributed by atoms with Gasteiger partial charge in [0, 0.05) is 19.5 Å². The number of likely N-dealkylation sites (tertiary alicyclic amines) is 1. The molecule has 1 aromatic carbocycles. The Labute approximate surface area is 221 Å². The smallest absolute Gasteiger partial charge is 0.237 e.